The molecule has 1 heterocycles. The summed E-state index contributed by atoms with van der Waals surface area (Å²) in [6.45, 7) is 9.81. The van der Waals surface area contributed by atoms with E-state index in [0.29, 0.717) is 5.92 Å². The summed E-state index contributed by atoms with van der Waals surface area (Å²) in [5.41, 5.74) is 1.18. The zero-order valence-electron chi connectivity index (χ0n) is 9.79. The molecule has 80 valence electrons. The quantitative estimate of drug-likeness (QED) is 0.711. The van der Waals surface area contributed by atoms with Gasteiger partial charge in [-0.3, -0.25) is 0 Å². The smallest absolute Gasteiger partial charge is 0.112 e. The lowest BCUT2D eigenvalue weighted by molar-refractivity contribution is 0.575. The average Bonchev–Trinajstić information content (AvgIpc) is 2.43. The van der Waals surface area contributed by atoms with Crippen molar-refractivity contribution in [2.75, 3.05) is 6.26 Å². The Hall–Kier alpha value is -0.440. The first-order chi connectivity index (χ1) is 6.61. The molecular formula is C11H20N2S. The van der Waals surface area contributed by atoms with Gasteiger partial charge in [-0.15, -0.1) is 11.8 Å². The Bertz CT molecular complexity index is 302. The van der Waals surface area contributed by atoms with Gasteiger partial charge < -0.3 is 4.57 Å². The number of rotatable bonds is 4. The minimum absolute atomic E-state index is 0.515. The highest BCUT2D eigenvalue weighted by molar-refractivity contribution is 7.98. The molecule has 14 heavy (non-hydrogen) atoms. The fourth-order valence-electron chi connectivity index (χ4n) is 1.72. The molecule has 0 fully saturated rings. The first-order valence-corrected chi connectivity index (χ1v) is 6.45. The van der Waals surface area contributed by atoms with Crippen LogP contribution in [0.25, 0.3) is 0 Å². The van der Waals surface area contributed by atoms with Gasteiger partial charge in [-0.2, -0.15) is 0 Å². The summed E-state index contributed by atoms with van der Waals surface area (Å²) < 4.78 is 2.37. The van der Waals surface area contributed by atoms with Crippen molar-refractivity contribution in [1.82, 2.24) is 9.55 Å². The van der Waals surface area contributed by atoms with Crippen LogP contribution in [0.5, 0.6) is 0 Å². The normalized spacial score (nSPS) is 11.3. The Morgan fingerprint density at radius 3 is 2.50 bits per heavy atom. The standard InChI is InChI=1S/C11H20N2S/c1-6-7-13-10(8(2)3)12-9(4)11(13)14-5/h8H,6-7H2,1-5H3. The molecule has 0 aliphatic carbocycles. The number of nitrogens with zero attached hydrogens (tertiary/aromatic N) is 2. The molecule has 0 atom stereocenters. The van der Waals surface area contributed by atoms with E-state index in [1.165, 1.54) is 23.0 Å². The summed E-state index contributed by atoms with van der Waals surface area (Å²) in [6, 6.07) is 0. The molecule has 3 heteroatoms. The Morgan fingerprint density at radius 1 is 1.43 bits per heavy atom. The molecular weight excluding hydrogens is 192 g/mol. The molecule has 0 amide bonds. The molecule has 1 aromatic heterocycles. The number of hydrogen-bond acceptors (Lipinski definition) is 2. The summed E-state index contributed by atoms with van der Waals surface area (Å²) in [4.78, 5) is 4.64. The summed E-state index contributed by atoms with van der Waals surface area (Å²) >= 11 is 1.80. The van der Waals surface area contributed by atoms with E-state index in [4.69, 9.17) is 0 Å². The summed E-state index contributed by atoms with van der Waals surface area (Å²) in [5.74, 6) is 1.75. The van der Waals surface area contributed by atoms with Crippen molar-refractivity contribution in [2.24, 2.45) is 0 Å². The lowest BCUT2D eigenvalue weighted by Gasteiger charge is -2.11. The molecule has 0 saturated carbocycles. The van der Waals surface area contributed by atoms with Gasteiger partial charge in [0.25, 0.3) is 0 Å². The van der Waals surface area contributed by atoms with E-state index >= 15 is 0 Å². The molecule has 0 saturated heterocycles. The van der Waals surface area contributed by atoms with Crippen LogP contribution in [0.3, 0.4) is 0 Å². The van der Waals surface area contributed by atoms with Crippen LogP contribution in [-0.4, -0.2) is 15.8 Å². The van der Waals surface area contributed by atoms with Gasteiger partial charge in [-0.1, -0.05) is 20.8 Å². The van der Waals surface area contributed by atoms with Crippen molar-refractivity contribution in [3.8, 4) is 0 Å². The van der Waals surface area contributed by atoms with Crippen molar-refractivity contribution in [2.45, 2.75) is 51.6 Å². The van der Waals surface area contributed by atoms with Crippen LogP contribution in [0.2, 0.25) is 0 Å². The van der Waals surface area contributed by atoms with Crippen LogP contribution >= 0.6 is 11.8 Å². The van der Waals surface area contributed by atoms with Crippen LogP contribution in [0.1, 0.15) is 44.6 Å². The van der Waals surface area contributed by atoms with Crippen molar-refractivity contribution < 1.29 is 0 Å². The minimum atomic E-state index is 0.515. The van der Waals surface area contributed by atoms with Crippen molar-refractivity contribution >= 4 is 11.8 Å². The molecule has 0 bridgehead atoms. The summed E-state index contributed by atoms with van der Waals surface area (Å²) in [7, 11) is 0. The largest absolute Gasteiger partial charge is 0.323 e. The highest BCUT2D eigenvalue weighted by Gasteiger charge is 2.14. The Morgan fingerprint density at radius 2 is 2.07 bits per heavy atom. The lowest BCUT2D eigenvalue weighted by atomic mass is 10.2. The van der Waals surface area contributed by atoms with Gasteiger partial charge in [0.15, 0.2) is 0 Å². The SMILES string of the molecule is CCCn1c(C(C)C)nc(C)c1SC. The van der Waals surface area contributed by atoms with Crippen LogP contribution in [-0.2, 0) is 6.54 Å². The summed E-state index contributed by atoms with van der Waals surface area (Å²) in [5, 5.41) is 1.33. The van der Waals surface area contributed by atoms with Crippen molar-refractivity contribution in [1.29, 1.82) is 0 Å². The van der Waals surface area contributed by atoms with Gasteiger partial charge in [-0.05, 0) is 19.6 Å². The van der Waals surface area contributed by atoms with Crippen LogP contribution in [0.4, 0.5) is 0 Å². The third kappa shape index (κ3) is 2.14. The topological polar surface area (TPSA) is 17.8 Å². The third-order valence-corrected chi connectivity index (χ3v) is 3.17. The van der Waals surface area contributed by atoms with Gasteiger partial charge in [0.2, 0.25) is 0 Å². The van der Waals surface area contributed by atoms with Crippen molar-refractivity contribution in [3.05, 3.63) is 11.5 Å². The third-order valence-electron chi connectivity index (χ3n) is 2.27. The first kappa shape index (κ1) is 11.6. The molecule has 1 rings (SSSR count). The van der Waals surface area contributed by atoms with Crippen LogP contribution in [0, 0.1) is 6.92 Å². The molecule has 0 unspecified atom stereocenters. The number of aryl methyl sites for hydroxylation is 1. The fraction of sp³-hybridized carbons (Fsp3) is 0.727. The Kier molecular flexibility index (Phi) is 4.05. The molecule has 0 aliphatic rings. The zero-order valence-corrected chi connectivity index (χ0v) is 10.6. The Labute approximate surface area is 91.1 Å². The lowest BCUT2D eigenvalue weighted by Crippen LogP contribution is -2.06. The van der Waals surface area contributed by atoms with Gasteiger partial charge in [-0.25, -0.2) is 4.98 Å². The van der Waals surface area contributed by atoms with E-state index in [1.807, 2.05) is 0 Å². The van der Waals surface area contributed by atoms with E-state index in [2.05, 4.69) is 43.5 Å². The van der Waals surface area contributed by atoms with E-state index in [1.54, 1.807) is 11.8 Å². The number of aromatic nitrogens is 2. The molecule has 2 nitrogen and oxygen atoms in total. The monoisotopic (exact) mass is 212 g/mol. The van der Waals surface area contributed by atoms with E-state index < -0.39 is 0 Å². The van der Waals surface area contributed by atoms with E-state index in [9.17, 15) is 0 Å². The minimum Gasteiger partial charge on any atom is -0.323 e. The maximum Gasteiger partial charge on any atom is 0.112 e. The van der Waals surface area contributed by atoms with Crippen LogP contribution < -0.4 is 0 Å². The van der Waals surface area contributed by atoms with Gasteiger partial charge in [0.1, 0.15) is 5.82 Å². The second kappa shape index (κ2) is 4.87. The molecule has 0 N–H and O–H groups in total. The fourth-order valence-corrected chi connectivity index (χ4v) is 2.46. The molecule has 0 radical (unpaired) electrons. The van der Waals surface area contributed by atoms with Gasteiger partial charge >= 0.3 is 0 Å². The predicted octanol–water partition coefficient (Wildman–Crippen LogP) is 3.45. The zero-order chi connectivity index (χ0) is 10.7. The van der Waals surface area contributed by atoms with Crippen LogP contribution in [0.15, 0.2) is 5.03 Å². The maximum absolute atomic E-state index is 4.64. The number of imidazole rings is 1. The van der Waals surface area contributed by atoms with E-state index in [-0.39, 0.29) is 0 Å². The van der Waals surface area contributed by atoms with Crippen molar-refractivity contribution in [3.63, 3.8) is 0 Å². The molecule has 0 spiro atoms. The van der Waals surface area contributed by atoms with Gasteiger partial charge in [0, 0.05) is 12.5 Å². The first-order valence-electron chi connectivity index (χ1n) is 5.22. The second-order valence-corrected chi connectivity index (χ2v) is 4.67. The maximum atomic E-state index is 4.64. The van der Waals surface area contributed by atoms with E-state index in [0.717, 1.165) is 6.54 Å². The molecule has 0 aromatic carbocycles. The second-order valence-electron chi connectivity index (χ2n) is 3.87. The Balaban J connectivity index is 3.15. The number of hydrogen-bond donors (Lipinski definition) is 0. The highest BCUT2D eigenvalue weighted by Crippen LogP contribution is 2.25. The summed E-state index contributed by atoms with van der Waals surface area (Å²) in [6.07, 6.45) is 3.30. The number of thioether (sulfide) groups is 1. The highest BCUT2D eigenvalue weighted by atomic mass is 32.2. The predicted molar refractivity (Wildman–Crippen MR) is 63.1 cm³/mol. The average molecular weight is 212 g/mol. The van der Waals surface area contributed by atoms with Gasteiger partial charge in [0.05, 0.1) is 10.7 Å². The molecule has 0 aliphatic heterocycles. The molecule has 1 aromatic rings.